The molecule has 1 amide bonds. The molecule has 0 radical (unpaired) electrons. The Morgan fingerprint density at radius 2 is 1.89 bits per heavy atom. The van der Waals surface area contributed by atoms with Gasteiger partial charge in [0.25, 0.3) is 0 Å². The molecule has 0 saturated carbocycles. The van der Waals surface area contributed by atoms with E-state index in [0.29, 0.717) is 47.6 Å². The number of fused-ring (bicyclic) bond motifs is 1. The molecule has 3 aromatic heterocycles. The van der Waals surface area contributed by atoms with Gasteiger partial charge in [0.2, 0.25) is 11.7 Å². The van der Waals surface area contributed by atoms with Crippen LogP contribution in [0.15, 0.2) is 16.7 Å². The summed E-state index contributed by atoms with van der Waals surface area (Å²) in [6.07, 6.45) is 2.33. The largest absolute Gasteiger partial charge is 0.444 e. The summed E-state index contributed by atoms with van der Waals surface area (Å²) in [5.74, 6) is 1.76. The van der Waals surface area contributed by atoms with Crippen LogP contribution in [0.3, 0.4) is 0 Å². The Bertz CT molecular complexity index is 1610. The predicted molar refractivity (Wildman–Crippen MR) is 175 cm³/mol. The Kier molecular flexibility index (Phi) is 8.16. The van der Waals surface area contributed by atoms with Crippen molar-refractivity contribution in [3.05, 3.63) is 34.0 Å². The van der Waals surface area contributed by atoms with Gasteiger partial charge in [0.15, 0.2) is 0 Å². The van der Waals surface area contributed by atoms with Crippen molar-refractivity contribution in [2.45, 2.75) is 70.9 Å². The quantitative estimate of drug-likeness (QED) is 0.435. The van der Waals surface area contributed by atoms with Crippen molar-refractivity contribution in [1.82, 2.24) is 24.9 Å². The number of hydrogen-bond donors (Lipinski definition) is 1. The standard InChI is InChI=1S/C32H43N9O3S/c1-20-19-40(14-15-41(20)30(42)43-31(2,3)4)21-16-23(35-25(17-21)39-12-10-38(6)11-13-39)28-36-29(44-37-28)32(5)9-7-8-24-26(32)22(18-33)27(34)45-24/h16-17,20H,7-15,19,34H2,1-6H3. The van der Waals surface area contributed by atoms with Gasteiger partial charge in [-0.1, -0.05) is 5.16 Å². The number of carbonyl (C=O) groups is 1. The maximum Gasteiger partial charge on any atom is 0.410 e. The van der Waals surface area contributed by atoms with E-state index in [-0.39, 0.29) is 12.1 Å². The van der Waals surface area contributed by atoms with Gasteiger partial charge in [-0.2, -0.15) is 10.2 Å². The van der Waals surface area contributed by atoms with Crippen LogP contribution in [0, 0.1) is 11.3 Å². The first kappa shape index (κ1) is 31.1. The van der Waals surface area contributed by atoms with Gasteiger partial charge in [0.1, 0.15) is 28.2 Å². The van der Waals surface area contributed by atoms with Crippen molar-refractivity contribution in [1.29, 1.82) is 5.26 Å². The van der Waals surface area contributed by atoms with Gasteiger partial charge in [-0.25, -0.2) is 9.78 Å². The van der Waals surface area contributed by atoms with Gasteiger partial charge in [-0.05, 0) is 67.0 Å². The fourth-order valence-corrected chi connectivity index (χ4v) is 7.83. The van der Waals surface area contributed by atoms with Gasteiger partial charge in [0, 0.05) is 74.0 Å². The van der Waals surface area contributed by atoms with E-state index in [9.17, 15) is 10.1 Å². The van der Waals surface area contributed by atoms with E-state index in [0.717, 1.165) is 67.4 Å². The van der Waals surface area contributed by atoms with Crippen LogP contribution in [0.4, 0.5) is 21.3 Å². The highest BCUT2D eigenvalue weighted by molar-refractivity contribution is 7.16. The third-order valence-corrected chi connectivity index (χ3v) is 10.2. The highest BCUT2D eigenvalue weighted by Crippen LogP contribution is 2.48. The molecule has 2 unspecified atom stereocenters. The number of nitriles is 1. The summed E-state index contributed by atoms with van der Waals surface area (Å²) < 4.78 is 11.6. The molecule has 0 spiro atoms. The number of ether oxygens (including phenoxy) is 1. The molecule has 3 aliphatic rings. The van der Waals surface area contributed by atoms with Crippen LogP contribution in [0.1, 0.15) is 69.4 Å². The third kappa shape index (κ3) is 6.05. The molecular weight excluding hydrogens is 590 g/mol. The number of likely N-dealkylation sites (N-methyl/N-ethyl adjacent to an activating group) is 1. The number of nitrogens with two attached hydrogens (primary N) is 1. The minimum absolute atomic E-state index is 0.0399. The van der Waals surface area contributed by atoms with E-state index < -0.39 is 11.0 Å². The van der Waals surface area contributed by atoms with Crippen LogP contribution in [0.2, 0.25) is 0 Å². The number of amides is 1. The van der Waals surface area contributed by atoms with Crippen LogP contribution < -0.4 is 15.5 Å². The Morgan fingerprint density at radius 3 is 2.58 bits per heavy atom. The molecular formula is C32H43N9O3S. The Labute approximate surface area is 268 Å². The molecule has 2 N–H and O–H groups in total. The average molecular weight is 634 g/mol. The van der Waals surface area contributed by atoms with Crippen LogP contribution in [0.25, 0.3) is 11.5 Å². The number of piperazine rings is 2. The molecule has 240 valence electrons. The predicted octanol–water partition coefficient (Wildman–Crippen LogP) is 4.49. The monoisotopic (exact) mass is 633 g/mol. The highest BCUT2D eigenvalue weighted by atomic mass is 32.1. The fraction of sp³-hybridized carbons (Fsp3) is 0.594. The molecule has 0 aromatic carbocycles. The van der Waals surface area contributed by atoms with E-state index in [1.807, 2.05) is 31.7 Å². The Morgan fingerprint density at radius 1 is 1.16 bits per heavy atom. The number of aromatic nitrogens is 3. The molecule has 6 rings (SSSR count). The highest BCUT2D eigenvalue weighted by Gasteiger charge is 2.43. The summed E-state index contributed by atoms with van der Waals surface area (Å²) in [7, 11) is 2.13. The lowest BCUT2D eigenvalue weighted by Crippen LogP contribution is -2.55. The van der Waals surface area contributed by atoms with Gasteiger partial charge in [0.05, 0.1) is 11.0 Å². The van der Waals surface area contributed by atoms with Crippen molar-refractivity contribution in [3.63, 3.8) is 0 Å². The van der Waals surface area contributed by atoms with Gasteiger partial charge in [-0.15, -0.1) is 11.3 Å². The normalized spacial score (nSPS) is 22.7. The second kappa shape index (κ2) is 11.8. The Hall–Kier alpha value is -3.89. The summed E-state index contributed by atoms with van der Waals surface area (Å²) in [4.78, 5) is 32.7. The van der Waals surface area contributed by atoms with Crippen LogP contribution in [-0.2, 0) is 16.6 Å². The maximum absolute atomic E-state index is 12.9. The van der Waals surface area contributed by atoms with Crippen molar-refractivity contribution in [2.75, 3.05) is 68.4 Å². The van der Waals surface area contributed by atoms with Crippen molar-refractivity contribution < 1.29 is 14.1 Å². The molecule has 0 bridgehead atoms. The molecule has 2 fully saturated rings. The molecule has 2 saturated heterocycles. The topological polar surface area (TPSA) is 141 Å². The first-order valence-electron chi connectivity index (χ1n) is 15.7. The molecule has 3 aromatic rings. The number of carbonyl (C=O) groups excluding carboxylic acids is 1. The average Bonchev–Trinajstić information content (AvgIpc) is 3.62. The zero-order chi connectivity index (χ0) is 32.1. The second-order valence-electron chi connectivity index (χ2n) is 13.7. The van der Waals surface area contributed by atoms with Gasteiger partial charge in [-0.3, -0.25) is 0 Å². The number of thiophene rings is 1. The zero-order valence-corrected chi connectivity index (χ0v) is 27.9. The van der Waals surface area contributed by atoms with E-state index in [1.165, 1.54) is 11.3 Å². The molecule has 5 heterocycles. The molecule has 13 heteroatoms. The number of pyridine rings is 1. The smallest absolute Gasteiger partial charge is 0.410 e. The Balaban J connectivity index is 1.33. The number of rotatable bonds is 4. The lowest BCUT2D eigenvalue weighted by molar-refractivity contribution is 0.0159. The third-order valence-electron chi connectivity index (χ3n) is 9.12. The summed E-state index contributed by atoms with van der Waals surface area (Å²) in [6.45, 7) is 15.3. The van der Waals surface area contributed by atoms with Crippen molar-refractivity contribution >= 4 is 33.9 Å². The number of hydrogen-bond acceptors (Lipinski definition) is 12. The zero-order valence-electron chi connectivity index (χ0n) is 27.1. The summed E-state index contributed by atoms with van der Waals surface area (Å²) >= 11 is 1.49. The number of anilines is 3. The first-order chi connectivity index (χ1) is 21.4. The number of nitrogen functional groups attached to an aromatic ring is 1. The molecule has 2 atom stereocenters. The first-order valence-corrected chi connectivity index (χ1v) is 16.5. The fourth-order valence-electron chi connectivity index (χ4n) is 6.64. The van der Waals surface area contributed by atoms with E-state index in [1.54, 1.807) is 0 Å². The second-order valence-corrected chi connectivity index (χ2v) is 14.8. The van der Waals surface area contributed by atoms with Gasteiger partial charge < -0.3 is 34.6 Å². The summed E-state index contributed by atoms with van der Waals surface area (Å²) in [6, 6.07) is 6.43. The van der Waals surface area contributed by atoms with Crippen molar-refractivity contribution in [2.24, 2.45) is 0 Å². The SMILES string of the molecule is CC1CN(c2cc(-c3noc(C4(C)CCCc5sc(N)c(C#N)c54)n3)nc(N3CCN(C)CC3)c2)CCN1C(=O)OC(C)(C)C. The molecule has 45 heavy (non-hydrogen) atoms. The van der Waals surface area contributed by atoms with Crippen molar-refractivity contribution in [3.8, 4) is 17.6 Å². The van der Waals surface area contributed by atoms with E-state index in [4.69, 9.17) is 25.0 Å². The summed E-state index contributed by atoms with van der Waals surface area (Å²) in [5.41, 5.74) is 8.17. The summed E-state index contributed by atoms with van der Waals surface area (Å²) in [5, 5.41) is 14.9. The van der Waals surface area contributed by atoms with Gasteiger partial charge >= 0.3 is 6.09 Å². The minimum Gasteiger partial charge on any atom is -0.444 e. The lowest BCUT2D eigenvalue weighted by atomic mass is 9.72. The van der Waals surface area contributed by atoms with E-state index >= 15 is 0 Å². The minimum atomic E-state index is -0.608. The maximum atomic E-state index is 12.9. The molecule has 1 aliphatic carbocycles. The molecule has 12 nitrogen and oxygen atoms in total. The number of nitrogens with zero attached hydrogens (tertiary/aromatic N) is 8. The molecule has 2 aliphatic heterocycles. The van der Waals surface area contributed by atoms with Crippen LogP contribution in [-0.4, -0.2) is 95.5 Å². The van der Waals surface area contributed by atoms with Crippen LogP contribution in [0.5, 0.6) is 0 Å². The van der Waals surface area contributed by atoms with Crippen LogP contribution >= 0.6 is 11.3 Å². The number of aryl methyl sites for hydroxylation is 1. The van der Waals surface area contributed by atoms with E-state index in [2.05, 4.69) is 52.9 Å². The lowest BCUT2D eigenvalue weighted by Gasteiger charge is -2.41.